The normalized spacial score (nSPS) is 17.7. The first kappa shape index (κ1) is 15.8. The second kappa shape index (κ2) is 8.74. The van der Waals surface area contributed by atoms with Gasteiger partial charge in [0.1, 0.15) is 0 Å². The summed E-state index contributed by atoms with van der Waals surface area (Å²) in [7, 11) is 0. The van der Waals surface area contributed by atoms with Crippen LogP contribution in [0.5, 0.6) is 0 Å². The van der Waals surface area contributed by atoms with Crippen LogP contribution in [0.3, 0.4) is 0 Å². The van der Waals surface area contributed by atoms with Crippen molar-refractivity contribution in [3.05, 3.63) is 0 Å². The van der Waals surface area contributed by atoms with Gasteiger partial charge in [0, 0.05) is 13.1 Å². The minimum atomic E-state index is -0.916. The van der Waals surface area contributed by atoms with Gasteiger partial charge in [-0.05, 0) is 12.8 Å². The highest BCUT2D eigenvalue weighted by Crippen LogP contribution is 2.19. The van der Waals surface area contributed by atoms with Crippen molar-refractivity contribution in [1.82, 2.24) is 10.6 Å². The zero-order valence-electron chi connectivity index (χ0n) is 11.5. The lowest BCUT2D eigenvalue weighted by Gasteiger charge is -2.22. The predicted octanol–water partition coefficient (Wildman–Crippen LogP) is 1.36. The summed E-state index contributed by atoms with van der Waals surface area (Å²) in [6, 6.07) is -0.347. The maximum atomic E-state index is 11.4. The first-order chi connectivity index (χ1) is 9.09. The molecule has 3 N–H and O–H groups in total. The fourth-order valence-corrected chi connectivity index (χ4v) is 2.02. The van der Waals surface area contributed by atoms with E-state index in [2.05, 4.69) is 10.6 Å². The Morgan fingerprint density at radius 2 is 1.95 bits per heavy atom. The fourth-order valence-electron chi connectivity index (χ4n) is 2.02. The first-order valence-electron chi connectivity index (χ1n) is 6.95. The van der Waals surface area contributed by atoms with Gasteiger partial charge in [0.2, 0.25) is 0 Å². The summed E-state index contributed by atoms with van der Waals surface area (Å²) in [5.41, 5.74) is 0. The standard InChI is InChI=1S/C13H24N2O4/c1-10(12(16)17)9-15-13(18)14-7-8-19-11-5-3-2-4-6-11/h10-11H,2-9H2,1H3,(H,16,17)(H2,14,15,18). The molecule has 110 valence electrons. The lowest BCUT2D eigenvalue weighted by molar-refractivity contribution is -0.140. The summed E-state index contributed by atoms with van der Waals surface area (Å²) >= 11 is 0. The molecule has 6 heteroatoms. The second-order valence-corrected chi connectivity index (χ2v) is 5.01. The molecular formula is C13H24N2O4. The molecule has 0 aliphatic heterocycles. The number of rotatable bonds is 7. The van der Waals surface area contributed by atoms with Gasteiger partial charge < -0.3 is 20.5 Å². The van der Waals surface area contributed by atoms with Crippen LogP contribution in [-0.4, -0.2) is 42.9 Å². The van der Waals surface area contributed by atoms with Crippen LogP contribution in [0.15, 0.2) is 0 Å². The van der Waals surface area contributed by atoms with Crippen molar-refractivity contribution >= 4 is 12.0 Å². The molecule has 0 spiro atoms. The SMILES string of the molecule is CC(CNC(=O)NCCOC1CCCCC1)C(=O)O. The number of nitrogens with one attached hydrogen (secondary N) is 2. The van der Waals surface area contributed by atoms with E-state index in [1.54, 1.807) is 6.92 Å². The molecule has 0 heterocycles. The van der Waals surface area contributed by atoms with Crippen molar-refractivity contribution in [1.29, 1.82) is 0 Å². The highest BCUT2D eigenvalue weighted by atomic mass is 16.5. The number of carboxylic acid groups (broad SMARTS) is 1. The van der Waals surface area contributed by atoms with Gasteiger partial charge in [-0.15, -0.1) is 0 Å². The topological polar surface area (TPSA) is 87.7 Å². The number of amides is 2. The van der Waals surface area contributed by atoms with Crippen LogP contribution in [0, 0.1) is 5.92 Å². The maximum absolute atomic E-state index is 11.4. The third-order valence-corrected chi connectivity index (χ3v) is 3.28. The summed E-state index contributed by atoms with van der Waals surface area (Å²) in [6.07, 6.45) is 6.31. The highest BCUT2D eigenvalue weighted by molar-refractivity contribution is 5.75. The molecular weight excluding hydrogens is 248 g/mol. The molecule has 0 aromatic carbocycles. The number of hydrogen-bond donors (Lipinski definition) is 3. The van der Waals surface area contributed by atoms with Crippen molar-refractivity contribution in [3.8, 4) is 0 Å². The number of carbonyl (C=O) groups excluding carboxylic acids is 1. The zero-order valence-corrected chi connectivity index (χ0v) is 11.5. The molecule has 1 unspecified atom stereocenters. The molecule has 0 saturated heterocycles. The molecule has 0 bridgehead atoms. The summed E-state index contributed by atoms with van der Waals surface area (Å²) in [4.78, 5) is 21.9. The van der Waals surface area contributed by atoms with Crippen LogP contribution in [0.1, 0.15) is 39.0 Å². The zero-order chi connectivity index (χ0) is 14.1. The average molecular weight is 272 g/mol. The summed E-state index contributed by atoms with van der Waals surface area (Å²) in [5, 5.41) is 13.8. The van der Waals surface area contributed by atoms with E-state index in [0.29, 0.717) is 19.3 Å². The van der Waals surface area contributed by atoms with Gasteiger partial charge in [-0.25, -0.2) is 4.79 Å². The number of ether oxygens (including phenoxy) is 1. The van der Waals surface area contributed by atoms with Crippen molar-refractivity contribution < 1.29 is 19.4 Å². The Balaban J connectivity index is 1.99. The minimum absolute atomic E-state index is 0.130. The molecule has 1 rings (SSSR count). The molecule has 0 radical (unpaired) electrons. The van der Waals surface area contributed by atoms with Gasteiger partial charge in [0.05, 0.1) is 18.6 Å². The Kier molecular flexibility index (Phi) is 7.25. The third kappa shape index (κ3) is 7.00. The molecule has 1 fully saturated rings. The molecule has 0 aromatic rings. The molecule has 2 amide bonds. The maximum Gasteiger partial charge on any atom is 0.314 e. The number of urea groups is 1. The van der Waals surface area contributed by atoms with E-state index < -0.39 is 11.9 Å². The van der Waals surface area contributed by atoms with Gasteiger partial charge in [-0.1, -0.05) is 26.2 Å². The number of carbonyl (C=O) groups is 2. The van der Waals surface area contributed by atoms with E-state index in [1.807, 2.05) is 0 Å². The first-order valence-corrected chi connectivity index (χ1v) is 6.95. The summed E-state index contributed by atoms with van der Waals surface area (Å²) in [5.74, 6) is -1.50. The van der Waals surface area contributed by atoms with Crippen molar-refractivity contribution in [2.45, 2.75) is 45.1 Å². The van der Waals surface area contributed by atoms with Gasteiger partial charge in [0.15, 0.2) is 0 Å². The predicted molar refractivity (Wildman–Crippen MR) is 71.0 cm³/mol. The quantitative estimate of drug-likeness (QED) is 0.611. The average Bonchev–Trinajstić information content (AvgIpc) is 2.42. The molecule has 1 aliphatic rings. The van der Waals surface area contributed by atoms with Crippen LogP contribution in [-0.2, 0) is 9.53 Å². The minimum Gasteiger partial charge on any atom is -0.481 e. The Morgan fingerprint density at radius 1 is 1.26 bits per heavy atom. The molecule has 6 nitrogen and oxygen atoms in total. The van der Waals surface area contributed by atoms with E-state index in [4.69, 9.17) is 9.84 Å². The van der Waals surface area contributed by atoms with Crippen molar-refractivity contribution in [3.63, 3.8) is 0 Å². The van der Waals surface area contributed by atoms with Crippen LogP contribution in [0.25, 0.3) is 0 Å². The highest BCUT2D eigenvalue weighted by Gasteiger charge is 2.14. The molecule has 1 saturated carbocycles. The Hall–Kier alpha value is -1.30. The fraction of sp³-hybridized carbons (Fsp3) is 0.846. The van der Waals surface area contributed by atoms with Crippen LogP contribution in [0.4, 0.5) is 4.79 Å². The van der Waals surface area contributed by atoms with Gasteiger partial charge in [0.25, 0.3) is 0 Å². The van der Waals surface area contributed by atoms with E-state index in [-0.39, 0.29) is 12.6 Å². The molecule has 19 heavy (non-hydrogen) atoms. The smallest absolute Gasteiger partial charge is 0.314 e. The largest absolute Gasteiger partial charge is 0.481 e. The lowest BCUT2D eigenvalue weighted by Crippen LogP contribution is -2.40. The number of hydrogen-bond acceptors (Lipinski definition) is 3. The molecule has 1 atom stereocenters. The third-order valence-electron chi connectivity index (χ3n) is 3.28. The van der Waals surface area contributed by atoms with Gasteiger partial charge in [-0.3, -0.25) is 4.79 Å². The second-order valence-electron chi connectivity index (χ2n) is 5.01. The Labute approximate surface area is 113 Å². The molecule has 1 aliphatic carbocycles. The Bertz CT molecular complexity index is 290. The van der Waals surface area contributed by atoms with Crippen LogP contribution < -0.4 is 10.6 Å². The van der Waals surface area contributed by atoms with E-state index >= 15 is 0 Å². The van der Waals surface area contributed by atoms with Crippen LogP contribution >= 0.6 is 0 Å². The van der Waals surface area contributed by atoms with E-state index in [9.17, 15) is 9.59 Å². The molecule has 0 aromatic heterocycles. The number of aliphatic carboxylic acids is 1. The Morgan fingerprint density at radius 3 is 2.58 bits per heavy atom. The summed E-state index contributed by atoms with van der Waals surface area (Å²) in [6.45, 7) is 2.63. The van der Waals surface area contributed by atoms with E-state index in [0.717, 1.165) is 12.8 Å². The van der Waals surface area contributed by atoms with Gasteiger partial charge >= 0.3 is 12.0 Å². The van der Waals surface area contributed by atoms with Gasteiger partial charge in [-0.2, -0.15) is 0 Å². The lowest BCUT2D eigenvalue weighted by atomic mass is 9.98. The van der Waals surface area contributed by atoms with E-state index in [1.165, 1.54) is 19.3 Å². The summed E-state index contributed by atoms with van der Waals surface area (Å²) < 4.78 is 5.66. The van der Waals surface area contributed by atoms with Crippen molar-refractivity contribution in [2.24, 2.45) is 5.92 Å². The number of carboxylic acids is 1. The van der Waals surface area contributed by atoms with Crippen LogP contribution in [0.2, 0.25) is 0 Å². The monoisotopic (exact) mass is 272 g/mol. The van der Waals surface area contributed by atoms with Crippen molar-refractivity contribution in [2.75, 3.05) is 19.7 Å².